The Morgan fingerprint density at radius 3 is 2.20 bits per heavy atom. The minimum Gasteiger partial charge on any atom is -0.381 e. The largest absolute Gasteiger partial charge is 0.381 e. The fourth-order valence-corrected chi connectivity index (χ4v) is 6.52. The Morgan fingerprint density at radius 2 is 1.60 bits per heavy atom. The molecule has 0 aromatic heterocycles. The molecule has 0 spiro atoms. The topological polar surface area (TPSA) is 19.0 Å². The van der Waals surface area contributed by atoms with Gasteiger partial charge in [0.05, 0.1) is 0 Å². The summed E-state index contributed by atoms with van der Waals surface area (Å²) in [6.07, 6.45) is 10.3. The van der Waals surface area contributed by atoms with Gasteiger partial charge in [0.25, 0.3) is 0 Å². The van der Waals surface area contributed by atoms with Crippen molar-refractivity contribution in [1.29, 1.82) is 0 Å². The predicted octanol–water partition coefficient (Wildman–Crippen LogP) is 6.97. The summed E-state index contributed by atoms with van der Waals surface area (Å²) in [6, 6.07) is 8.07. The molecule has 2 heterocycles. The standard InChI is InChI=1S/C30H51N3O.ClH/c1-6-7-16-32-17-19-33(20-18-32)29-23-27(31(5)26-14-21-34-22-15-26)12-13-28(29)24-8-10-25(11-9-24)30(2,3)4;/h12-13,23-26H,6-11,14-22H2,1-5H3;1H. The van der Waals surface area contributed by atoms with E-state index in [4.69, 9.17) is 4.74 Å². The second-order valence-electron chi connectivity index (χ2n) is 12.3. The zero-order chi connectivity index (χ0) is 24.1. The van der Waals surface area contributed by atoms with Crippen molar-refractivity contribution >= 4 is 23.8 Å². The van der Waals surface area contributed by atoms with E-state index < -0.39 is 0 Å². The van der Waals surface area contributed by atoms with E-state index in [9.17, 15) is 0 Å². The molecule has 35 heavy (non-hydrogen) atoms. The molecule has 200 valence electrons. The quantitative estimate of drug-likeness (QED) is 0.398. The first kappa shape index (κ1) is 28.6. The summed E-state index contributed by atoms with van der Waals surface area (Å²) >= 11 is 0. The first-order valence-electron chi connectivity index (χ1n) is 14.3. The van der Waals surface area contributed by atoms with Gasteiger partial charge < -0.3 is 14.5 Å². The maximum atomic E-state index is 5.63. The summed E-state index contributed by atoms with van der Waals surface area (Å²) in [4.78, 5) is 7.92. The molecule has 3 aliphatic rings. The van der Waals surface area contributed by atoms with E-state index in [0.717, 1.165) is 32.0 Å². The van der Waals surface area contributed by atoms with Crippen molar-refractivity contribution in [3.63, 3.8) is 0 Å². The summed E-state index contributed by atoms with van der Waals surface area (Å²) in [5, 5.41) is 0. The van der Waals surface area contributed by atoms with Crippen LogP contribution in [-0.4, -0.2) is 63.9 Å². The minimum atomic E-state index is 0. The summed E-state index contributed by atoms with van der Waals surface area (Å²) in [5.74, 6) is 1.59. The maximum absolute atomic E-state index is 5.63. The maximum Gasteiger partial charge on any atom is 0.0485 e. The Morgan fingerprint density at radius 1 is 0.943 bits per heavy atom. The van der Waals surface area contributed by atoms with E-state index in [-0.39, 0.29) is 12.4 Å². The number of nitrogens with zero attached hydrogens (tertiary/aromatic N) is 3. The molecule has 4 rings (SSSR count). The molecule has 0 bridgehead atoms. The predicted molar refractivity (Wildman–Crippen MR) is 154 cm³/mol. The Hall–Kier alpha value is -0.970. The summed E-state index contributed by atoms with van der Waals surface area (Å²) in [6.45, 7) is 17.4. The Kier molecular flexibility index (Phi) is 10.6. The van der Waals surface area contributed by atoms with Crippen molar-refractivity contribution in [3.05, 3.63) is 23.8 Å². The van der Waals surface area contributed by atoms with Crippen molar-refractivity contribution in [1.82, 2.24) is 4.90 Å². The van der Waals surface area contributed by atoms with Gasteiger partial charge in [-0.1, -0.05) is 40.2 Å². The van der Waals surface area contributed by atoms with Gasteiger partial charge in [-0.25, -0.2) is 0 Å². The van der Waals surface area contributed by atoms with Crippen LogP contribution in [0.5, 0.6) is 0 Å². The van der Waals surface area contributed by atoms with Gasteiger partial charge in [-0.2, -0.15) is 0 Å². The van der Waals surface area contributed by atoms with Gasteiger partial charge in [0.15, 0.2) is 0 Å². The Labute approximate surface area is 222 Å². The number of piperazine rings is 1. The van der Waals surface area contributed by atoms with Crippen LogP contribution >= 0.6 is 12.4 Å². The average molecular weight is 506 g/mol. The second kappa shape index (κ2) is 13.0. The Bertz CT molecular complexity index is 757. The van der Waals surface area contributed by atoms with Gasteiger partial charge in [-0.05, 0) is 86.4 Å². The number of rotatable bonds is 7. The number of hydrogen-bond acceptors (Lipinski definition) is 4. The monoisotopic (exact) mass is 505 g/mol. The van der Waals surface area contributed by atoms with Crippen LogP contribution in [0.4, 0.5) is 11.4 Å². The van der Waals surface area contributed by atoms with Crippen LogP contribution in [0.2, 0.25) is 0 Å². The molecule has 1 aromatic rings. The van der Waals surface area contributed by atoms with E-state index in [1.54, 1.807) is 5.56 Å². The molecule has 0 unspecified atom stereocenters. The molecule has 5 heteroatoms. The van der Waals surface area contributed by atoms with Gasteiger partial charge in [0.2, 0.25) is 0 Å². The van der Waals surface area contributed by atoms with Gasteiger partial charge in [-0.3, -0.25) is 4.90 Å². The Balaban J connectivity index is 0.00000342. The lowest BCUT2D eigenvalue weighted by Crippen LogP contribution is -2.47. The number of ether oxygens (including phenoxy) is 1. The fourth-order valence-electron chi connectivity index (χ4n) is 6.52. The van der Waals surface area contributed by atoms with Crippen LogP contribution in [0, 0.1) is 11.3 Å². The van der Waals surface area contributed by atoms with Crippen LogP contribution in [0.3, 0.4) is 0 Å². The third-order valence-electron chi connectivity index (χ3n) is 9.09. The SMILES string of the molecule is CCCCN1CCN(c2cc(N(C)C3CCOCC3)ccc2C2CCC(C(C)(C)C)CC2)CC1.Cl. The van der Waals surface area contributed by atoms with Gasteiger partial charge >= 0.3 is 0 Å². The van der Waals surface area contributed by atoms with Crippen molar-refractivity contribution in [2.75, 3.05) is 62.8 Å². The van der Waals surface area contributed by atoms with E-state index in [0.29, 0.717) is 17.4 Å². The minimum absolute atomic E-state index is 0. The first-order valence-corrected chi connectivity index (χ1v) is 14.3. The van der Waals surface area contributed by atoms with E-state index >= 15 is 0 Å². The molecule has 1 aromatic carbocycles. The molecular formula is C30H52ClN3O. The number of unbranched alkanes of at least 4 members (excludes halogenated alkanes) is 1. The van der Waals surface area contributed by atoms with Crippen molar-refractivity contribution in [2.45, 2.75) is 91.0 Å². The fraction of sp³-hybridized carbons (Fsp3) is 0.800. The molecule has 2 saturated heterocycles. The lowest BCUT2D eigenvalue weighted by molar-refractivity contribution is 0.0855. The lowest BCUT2D eigenvalue weighted by Gasteiger charge is -2.41. The average Bonchev–Trinajstić information content (AvgIpc) is 2.87. The lowest BCUT2D eigenvalue weighted by atomic mass is 9.68. The second-order valence-corrected chi connectivity index (χ2v) is 12.3. The molecular weight excluding hydrogens is 454 g/mol. The normalized spacial score (nSPS) is 24.8. The number of benzene rings is 1. The first-order chi connectivity index (χ1) is 16.4. The summed E-state index contributed by atoms with van der Waals surface area (Å²) in [5.41, 5.74) is 4.99. The zero-order valence-corrected chi connectivity index (χ0v) is 24.0. The highest BCUT2D eigenvalue weighted by atomic mass is 35.5. The van der Waals surface area contributed by atoms with Crippen LogP contribution in [0.15, 0.2) is 18.2 Å². The van der Waals surface area contributed by atoms with Gasteiger partial charge in [0, 0.05) is 63.9 Å². The number of halogens is 1. The third kappa shape index (κ3) is 7.29. The molecule has 0 atom stereocenters. The highest BCUT2D eigenvalue weighted by Crippen LogP contribution is 2.46. The molecule has 1 saturated carbocycles. The van der Waals surface area contributed by atoms with E-state index in [1.165, 1.54) is 82.6 Å². The number of hydrogen-bond donors (Lipinski definition) is 0. The molecule has 0 radical (unpaired) electrons. The van der Waals surface area contributed by atoms with Crippen LogP contribution < -0.4 is 9.80 Å². The van der Waals surface area contributed by atoms with Crippen molar-refractivity contribution < 1.29 is 4.74 Å². The van der Waals surface area contributed by atoms with Gasteiger partial charge in [-0.15, -0.1) is 12.4 Å². The molecule has 0 amide bonds. The summed E-state index contributed by atoms with van der Waals surface area (Å²) in [7, 11) is 2.30. The molecule has 4 nitrogen and oxygen atoms in total. The van der Waals surface area contributed by atoms with Crippen molar-refractivity contribution in [2.24, 2.45) is 11.3 Å². The van der Waals surface area contributed by atoms with Crippen LogP contribution in [0.25, 0.3) is 0 Å². The highest BCUT2D eigenvalue weighted by Gasteiger charge is 2.32. The number of anilines is 2. The van der Waals surface area contributed by atoms with Gasteiger partial charge in [0.1, 0.15) is 0 Å². The molecule has 0 N–H and O–H groups in total. The molecule has 3 fully saturated rings. The van der Waals surface area contributed by atoms with Crippen LogP contribution in [0.1, 0.15) is 90.5 Å². The van der Waals surface area contributed by atoms with Crippen LogP contribution in [-0.2, 0) is 4.74 Å². The molecule has 2 aliphatic heterocycles. The smallest absolute Gasteiger partial charge is 0.0485 e. The summed E-state index contributed by atoms with van der Waals surface area (Å²) < 4.78 is 5.63. The zero-order valence-electron chi connectivity index (χ0n) is 23.2. The van der Waals surface area contributed by atoms with E-state index in [1.807, 2.05) is 0 Å². The van der Waals surface area contributed by atoms with E-state index in [2.05, 4.69) is 67.6 Å². The third-order valence-corrected chi connectivity index (χ3v) is 9.09. The molecule has 1 aliphatic carbocycles. The highest BCUT2D eigenvalue weighted by molar-refractivity contribution is 5.85. The van der Waals surface area contributed by atoms with Crippen molar-refractivity contribution in [3.8, 4) is 0 Å².